The number of hydrogen-bond acceptors (Lipinski definition) is 7. The summed E-state index contributed by atoms with van der Waals surface area (Å²) in [6.07, 6.45) is 2.44. The second-order valence-corrected chi connectivity index (χ2v) is 8.26. The van der Waals surface area contributed by atoms with Gasteiger partial charge in [-0.3, -0.25) is 24.2 Å². The monoisotopic (exact) mass is 506 g/mol. The molecule has 0 fully saturated rings. The van der Waals surface area contributed by atoms with Gasteiger partial charge in [-0.25, -0.2) is 0 Å². The summed E-state index contributed by atoms with van der Waals surface area (Å²) in [7, 11) is 0. The first-order valence-corrected chi connectivity index (χ1v) is 11.8. The first-order valence-electron chi connectivity index (χ1n) is 11.8. The molecule has 1 aromatic rings. The summed E-state index contributed by atoms with van der Waals surface area (Å²) < 4.78 is 0. The third-order valence-electron chi connectivity index (χ3n) is 5.21. The van der Waals surface area contributed by atoms with Gasteiger partial charge in [-0.05, 0) is 37.8 Å². The molecule has 13 nitrogen and oxygen atoms in total. The second-order valence-electron chi connectivity index (χ2n) is 8.26. The molecule has 3 unspecified atom stereocenters. The van der Waals surface area contributed by atoms with Crippen LogP contribution in [0.25, 0.3) is 0 Å². The van der Waals surface area contributed by atoms with E-state index in [0.29, 0.717) is 25.8 Å². The van der Waals surface area contributed by atoms with Crippen LogP contribution in [0.15, 0.2) is 35.3 Å². The Morgan fingerprint density at radius 2 is 1.56 bits per heavy atom. The topological polar surface area (TPSA) is 241 Å². The number of nitrogens with one attached hydrogen (secondary N) is 3. The fraction of sp³-hybridized carbons (Fsp3) is 0.522. The van der Waals surface area contributed by atoms with Crippen molar-refractivity contribution >= 4 is 29.7 Å². The molecule has 0 aliphatic carbocycles. The van der Waals surface area contributed by atoms with Crippen LogP contribution >= 0.6 is 0 Å². The molecule has 0 saturated heterocycles. The largest absolute Gasteiger partial charge is 0.480 e. The van der Waals surface area contributed by atoms with Gasteiger partial charge < -0.3 is 44.0 Å². The Morgan fingerprint density at radius 3 is 2.17 bits per heavy atom. The first kappa shape index (κ1) is 30.3. The fourth-order valence-electron chi connectivity index (χ4n) is 3.31. The highest BCUT2D eigenvalue weighted by molar-refractivity contribution is 5.93. The van der Waals surface area contributed by atoms with Crippen LogP contribution in [-0.2, 0) is 25.6 Å². The van der Waals surface area contributed by atoms with Crippen molar-refractivity contribution in [2.24, 2.45) is 27.9 Å². The number of benzene rings is 1. The van der Waals surface area contributed by atoms with Crippen LogP contribution in [0.3, 0.4) is 0 Å². The van der Waals surface area contributed by atoms with E-state index in [0.717, 1.165) is 12.0 Å². The van der Waals surface area contributed by atoms with Gasteiger partial charge in [-0.15, -0.1) is 0 Å². The van der Waals surface area contributed by atoms with Crippen molar-refractivity contribution in [1.29, 1.82) is 0 Å². The van der Waals surface area contributed by atoms with Crippen LogP contribution in [0, 0.1) is 0 Å². The minimum absolute atomic E-state index is 0.112. The number of rotatable bonds is 17. The zero-order valence-electron chi connectivity index (χ0n) is 20.3. The van der Waals surface area contributed by atoms with Gasteiger partial charge in [-0.2, -0.15) is 0 Å². The lowest BCUT2D eigenvalue weighted by Crippen LogP contribution is -2.56. The molecule has 0 aliphatic rings. The Morgan fingerprint density at radius 1 is 0.889 bits per heavy atom. The minimum atomic E-state index is -1.23. The Bertz CT molecular complexity index is 877. The molecule has 0 aliphatic heterocycles. The third-order valence-corrected chi connectivity index (χ3v) is 5.21. The maximum atomic E-state index is 13.2. The molecule has 0 heterocycles. The van der Waals surface area contributed by atoms with Gasteiger partial charge in [0.25, 0.3) is 0 Å². The molecule has 1 aromatic carbocycles. The molecule has 12 N–H and O–H groups in total. The highest BCUT2D eigenvalue weighted by atomic mass is 16.4. The second kappa shape index (κ2) is 16.8. The molecule has 0 aromatic heterocycles. The van der Waals surface area contributed by atoms with Gasteiger partial charge in [0.2, 0.25) is 17.7 Å². The SMILES string of the molecule is NCCCCC(N)C(=O)NC(Cc1ccccc1)C(=O)NC(CCCN=C(N)N)C(=O)NCC(=O)O. The molecule has 0 spiro atoms. The quantitative estimate of drug-likeness (QED) is 0.0655. The molecular weight excluding hydrogens is 468 g/mol. The van der Waals surface area contributed by atoms with Crippen LogP contribution in [-0.4, -0.2) is 72.5 Å². The van der Waals surface area contributed by atoms with E-state index in [-0.39, 0.29) is 25.3 Å². The predicted octanol–water partition coefficient (Wildman–Crippen LogP) is -2.09. The van der Waals surface area contributed by atoms with Gasteiger partial charge in [0, 0.05) is 13.0 Å². The van der Waals surface area contributed by atoms with Crippen LogP contribution < -0.4 is 38.9 Å². The smallest absolute Gasteiger partial charge is 0.322 e. The van der Waals surface area contributed by atoms with Gasteiger partial charge in [-0.1, -0.05) is 36.8 Å². The van der Waals surface area contributed by atoms with Crippen molar-refractivity contribution in [2.45, 2.75) is 56.7 Å². The first-order chi connectivity index (χ1) is 17.1. The lowest BCUT2D eigenvalue weighted by Gasteiger charge is -2.24. The number of unbranched alkanes of at least 4 members (excludes halogenated alkanes) is 1. The van der Waals surface area contributed by atoms with Crippen LogP contribution in [0.2, 0.25) is 0 Å². The molecule has 36 heavy (non-hydrogen) atoms. The summed E-state index contributed by atoms with van der Waals surface area (Å²) in [4.78, 5) is 53.2. The molecule has 0 saturated carbocycles. The summed E-state index contributed by atoms with van der Waals surface area (Å²) in [5.74, 6) is -3.13. The third kappa shape index (κ3) is 12.7. The summed E-state index contributed by atoms with van der Waals surface area (Å²) in [6, 6.07) is 6.13. The van der Waals surface area contributed by atoms with Gasteiger partial charge in [0.15, 0.2) is 5.96 Å². The van der Waals surface area contributed by atoms with Crippen molar-refractivity contribution in [2.75, 3.05) is 19.6 Å². The van der Waals surface area contributed by atoms with Crippen molar-refractivity contribution < 1.29 is 24.3 Å². The van der Waals surface area contributed by atoms with E-state index in [1.165, 1.54) is 0 Å². The predicted molar refractivity (Wildman–Crippen MR) is 135 cm³/mol. The Hall–Kier alpha value is -3.71. The minimum Gasteiger partial charge on any atom is -0.480 e. The number of amides is 3. The van der Waals surface area contributed by atoms with E-state index in [9.17, 15) is 19.2 Å². The van der Waals surface area contributed by atoms with Crippen molar-refractivity contribution in [3.63, 3.8) is 0 Å². The molecule has 3 amide bonds. The lowest BCUT2D eigenvalue weighted by atomic mass is 10.0. The van der Waals surface area contributed by atoms with E-state index in [4.69, 9.17) is 28.0 Å². The number of hydrogen-bond donors (Lipinski definition) is 8. The van der Waals surface area contributed by atoms with E-state index in [1.807, 2.05) is 6.07 Å². The summed E-state index contributed by atoms with van der Waals surface area (Å²) >= 11 is 0. The molecule has 0 bridgehead atoms. The fourth-order valence-corrected chi connectivity index (χ4v) is 3.31. The maximum Gasteiger partial charge on any atom is 0.322 e. The zero-order chi connectivity index (χ0) is 26.9. The summed E-state index contributed by atoms with van der Waals surface area (Å²) in [5.41, 5.74) is 22.9. The Balaban J connectivity index is 2.98. The van der Waals surface area contributed by atoms with E-state index >= 15 is 0 Å². The van der Waals surface area contributed by atoms with Gasteiger partial charge >= 0.3 is 5.97 Å². The van der Waals surface area contributed by atoms with E-state index < -0.39 is 48.4 Å². The van der Waals surface area contributed by atoms with Crippen LogP contribution in [0.5, 0.6) is 0 Å². The number of carboxylic acid groups (broad SMARTS) is 1. The molecular formula is C23H38N8O5. The standard InChI is InChI=1S/C23H38N8O5/c24-11-5-4-9-16(25)20(34)31-18(13-15-7-2-1-3-8-15)22(36)30-17(10-6-12-28-23(26)27)21(35)29-14-19(32)33/h1-3,7-8,16-18H,4-6,9-14,24-25H2,(H,29,35)(H,30,36)(H,31,34)(H,32,33)(H4,26,27,28). The molecule has 200 valence electrons. The number of carbonyl (C=O) groups excluding carboxylic acids is 3. The van der Waals surface area contributed by atoms with Gasteiger partial charge in [0.05, 0.1) is 6.04 Å². The highest BCUT2D eigenvalue weighted by Gasteiger charge is 2.28. The summed E-state index contributed by atoms with van der Waals surface area (Å²) in [5, 5.41) is 16.4. The Kier molecular flexibility index (Phi) is 14.2. The van der Waals surface area contributed by atoms with E-state index in [2.05, 4.69) is 20.9 Å². The van der Waals surface area contributed by atoms with Crippen molar-refractivity contribution in [3.8, 4) is 0 Å². The zero-order valence-corrected chi connectivity index (χ0v) is 20.3. The number of nitrogens with two attached hydrogens (primary N) is 4. The maximum absolute atomic E-state index is 13.2. The molecule has 13 heteroatoms. The number of carboxylic acids is 1. The van der Waals surface area contributed by atoms with Crippen molar-refractivity contribution in [3.05, 3.63) is 35.9 Å². The van der Waals surface area contributed by atoms with E-state index in [1.54, 1.807) is 24.3 Å². The average Bonchev–Trinajstić information content (AvgIpc) is 2.84. The number of aliphatic imine (C=N–C) groups is 1. The molecule has 0 radical (unpaired) electrons. The number of nitrogens with zero attached hydrogens (tertiary/aromatic N) is 1. The normalized spacial score (nSPS) is 13.1. The lowest BCUT2D eigenvalue weighted by molar-refractivity contribution is -0.138. The van der Waals surface area contributed by atoms with Gasteiger partial charge in [0.1, 0.15) is 18.6 Å². The number of carbonyl (C=O) groups is 4. The highest BCUT2D eigenvalue weighted by Crippen LogP contribution is 2.07. The molecule has 1 rings (SSSR count). The number of aliphatic carboxylic acids is 1. The molecule has 3 atom stereocenters. The summed E-state index contributed by atoms with van der Waals surface area (Å²) in [6.45, 7) is 0.0889. The number of guanidine groups is 1. The average molecular weight is 507 g/mol. The Labute approximate surface area is 210 Å². The van der Waals surface area contributed by atoms with Crippen molar-refractivity contribution in [1.82, 2.24) is 16.0 Å². The van der Waals surface area contributed by atoms with Crippen LogP contribution in [0.1, 0.15) is 37.7 Å². The van der Waals surface area contributed by atoms with Crippen LogP contribution in [0.4, 0.5) is 0 Å².